The van der Waals surface area contributed by atoms with Crippen molar-refractivity contribution in [3.63, 3.8) is 0 Å². The minimum Gasteiger partial charge on any atom is -0.0955 e. The van der Waals surface area contributed by atoms with E-state index < -0.39 is 0 Å². The third-order valence-corrected chi connectivity index (χ3v) is 2.28. The second kappa shape index (κ2) is 3.27. The van der Waals surface area contributed by atoms with Crippen molar-refractivity contribution in [3.8, 4) is 0 Å². The predicted octanol–water partition coefficient (Wildman–Crippen LogP) is 3.80. The number of rotatable bonds is 1. The molecule has 0 nitrogen and oxygen atoms in total. The number of hydrogen-bond acceptors (Lipinski definition) is 0. The molecule has 0 saturated carbocycles. The third-order valence-electron chi connectivity index (χ3n) is 1.91. The largest absolute Gasteiger partial charge is 0.0955 e. The van der Waals surface area contributed by atoms with Gasteiger partial charge in [0.1, 0.15) is 0 Å². The zero-order valence-electron chi connectivity index (χ0n) is 7.08. The summed E-state index contributed by atoms with van der Waals surface area (Å²) in [6.07, 6.45) is 4.26. The van der Waals surface area contributed by atoms with Crippen LogP contribution in [-0.4, -0.2) is 0 Å². The summed E-state index contributed by atoms with van der Waals surface area (Å²) in [5.41, 5.74) is 3.51. The summed E-state index contributed by atoms with van der Waals surface area (Å²) in [6.45, 7) is 7.99. The van der Waals surface area contributed by atoms with Crippen LogP contribution in [0.3, 0.4) is 0 Å². The molecule has 0 aromatic heterocycles. The molecule has 0 amide bonds. The Kier molecular flexibility index (Phi) is 2.56. The summed E-state index contributed by atoms with van der Waals surface area (Å²) in [5.74, 6) is 0. The van der Waals surface area contributed by atoms with E-state index in [0.29, 0.717) is 0 Å². The number of hydrogen-bond donors (Lipinski definition) is 0. The van der Waals surface area contributed by atoms with Crippen LogP contribution in [0, 0.1) is 0 Å². The van der Waals surface area contributed by atoms with Crippen molar-refractivity contribution >= 4 is 11.6 Å². The average molecular weight is 169 g/mol. The van der Waals surface area contributed by atoms with E-state index in [1.807, 2.05) is 6.92 Å². The molecular weight excluding hydrogens is 156 g/mol. The molecule has 0 bridgehead atoms. The Morgan fingerprint density at radius 1 is 1.64 bits per heavy atom. The monoisotopic (exact) mass is 168 g/mol. The Labute approximate surface area is 73.3 Å². The van der Waals surface area contributed by atoms with Crippen LogP contribution >= 0.6 is 11.6 Å². The first-order chi connectivity index (χ1) is 5.13. The van der Waals surface area contributed by atoms with E-state index in [2.05, 4.69) is 19.6 Å². The van der Waals surface area contributed by atoms with Crippen molar-refractivity contribution in [2.24, 2.45) is 0 Å². The molecule has 0 N–H and O–H groups in total. The minimum atomic E-state index is 0.970. The van der Waals surface area contributed by atoms with Gasteiger partial charge in [-0.25, -0.2) is 0 Å². The molecule has 0 aliphatic heterocycles. The van der Waals surface area contributed by atoms with Crippen LogP contribution < -0.4 is 0 Å². The van der Waals surface area contributed by atoms with Gasteiger partial charge in [-0.1, -0.05) is 24.3 Å². The fourth-order valence-electron chi connectivity index (χ4n) is 1.42. The fourth-order valence-corrected chi connectivity index (χ4v) is 1.84. The van der Waals surface area contributed by atoms with E-state index >= 15 is 0 Å². The van der Waals surface area contributed by atoms with Crippen molar-refractivity contribution in [2.45, 2.75) is 26.7 Å². The van der Waals surface area contributed by atoms with Gasteiger partial charge in [0.25, 0.3) is 0 Å². The van der Waals surface area contributed by atoms with Gasteiger partial charge in [-0.15, -0.1) is 0 Å². The second-order valence-electron chi connectivity index (χ2n) is 2.99. The lowest BCUT2D eigenvalue weighted by atomic mass is 9.94. The van der Waals surface area contributed by atoms with Crippen LogP contribution in [0.25, 0.3) is 0 Å². The molecule has 1 heteroatoms. The van der Waals surface area contributed by atoms with Crippen LogP contribution in [-0.2, 0) is 0 Å². The Hall–Kier alpha value is -0.490. The van der Waals surface area contributed by atoms with Crippen molar-refractivity contribution in [2.75, 3.05) is 0 Å². The molecule has 60 valence electrons. The molecule has 0 heterocycles. The predicted molar refractivity (Wildman–Crippen MR) is 50.7 cm³/mol. The minimum absolute atomic E-state index is 0.970. The van der Waals surface area contributed by atoms with Gasteiger partial charge in [-0.2, -0.15) is 0 Å². The van der Waals surface area contributed by atoms with Crippen LogP contribution in [0.1, 0.15) is 26.7 Å². The quantitative estimate of drug-likeness (QED) is 0.559. The molecule has 0 saturated heterocycles. The SMILES string of the molecule is C=C(C)C1=C(Cl)CCC=C1C. The zero-order valence-corrected chi connectivity index (χ0v) is 7.83. The molecule has 1 aliphatic rings. The normalized spacial score (nSPS) is 18.3. The molecule has 1 aliphatic carbocycles. The molecule has 1 rings (SSSR count). The lowest BCUT2D eigenvalue weighted by Gasteiger charge is -2.15. The van der Waals surface area contributed by atoms with Gasteiger partial charge >= 0.3 is 0 Å². The maximum Gasteiger partial charge on any atom is 0.0261 e. The van der Waals surface area contributed by atoms with E-state index in [1.54, 1.807) is 0 Å². The molecule has 0 aromatic carbocycles. The lowest BCUT2D eigenvalue weighted by Crippen LogP contribution is -1.96. The molecule has 0 aromatic rings. The first-order valence-electron chi connectivity index (χ1n) is 3.84. The van der Waals surface area contributed by atoms with Crippen LogP contribution in [0.4, 0.5) is 0 Å². The van der Waals surface area contributed by atoms with Gasteiger partial charge in [-0.3, -0.25) is 0 Å². The maximum atomic E-state index is 6.05. The standard InChI is InChI=1S/C10H13Cl/c1-7(2)10-8(3)5-4-6-9(10)11/h5H,1,4,6H2,2-3H3. The summed E-state index contributed by atoms with van der Waals surface area (Å²) >= 11 is 6.05. The number of halogens is 1. The lowest BCUT2D eigenvalue weighted by molar-refractivity contribution is 0.974. The van der Waals surface area contributed by atoms with Gasteiger partial charge in [0.05, 0.1) is 0 Å². The summed E-state index contributed by atoms with van der Waals surface area (Å²) in [7, 11) is 0. The van der Waals surface area contributed by atoms with E-state index in [9.17, 15) is 0 Å². The molecule has 0 unspecified atom stereocenters. The van der Waals surface area contributed by atoms with Crippen LogP contribution in [0.15, 0.2) is 34.4 Å². The summed E-state index contributed by atoms with van der Waals surface area (Å²) in [5, 5.41) is 0.970. The molecule has 0 atom stereocenters. The summed E-state index contributed by atoms with van der Waals surface area (Å²) < 4.78 is 0. The summed E-state index contributed by atoms with van der Waals surface area (Å²) in [4.78, 5) is 0. The van der Waals surface area contributed by atoms with E-state index in [0.717, 1.165) is 29.0 Å². The third kappa shape index (κ3) is 1.75. The zero-order chi connectivity index (χ0) is 8.43. The fraction of sp³-hybridized carbons (Fsp3) is 0.400. The highest BCUT2D eigenvalue weighted by atomic mass is 35.5. The van der Waals surface area contributed by atoms with Gasteiger partial charge in [0, 0.05) is 5.03 Å². The van der Waals surface area contributed by atoms with Crippen LogP contribution in [0.5, 0.6) is 0 Å². The first-order valence-corrected chi connectivity index (χ1v) is 4.22. The molecule has 0 spiro atoms. The summed E-state index contributed by atoms with van der Waals surface area (Å²) in [6, 6.07) is 0. The van der Waals surface area contributed by atoms with Crippen molar-refractivity contribution in [3.05, 3.63) is 34.4 Å². The highest BCUT2D eigenvalue weighted by molar-refractivity contribution is 6.30. The molecular formula is C10H13Cl. The number of allylic oxidation sites excluding steroid dienone is 5. The average Bonchev–Trinajstić information content (AvgIpc) is 1.85. The van der Waals surface area contributed by atoms with E-state index in [4.69, 9.17) is 11.6 Å². The Morgan fingerprint density at radius 2 is 2.27 bits per heavy atom. The maximum absolute atomic E-state index is 6.05. The second-order valence-corrected chi connectivity index (χ2v) is 3.44. The Bertz CT molecular complexity index is 244. The van der Waals surface area contributed by atoms with Gasteiger partial charge in [0.15, 0.2) is 0 Å². The molecule has 0 radical (unpaired) electrons. The van der Waals surface area contributed by atoms with Gasteiger partial charge in [0.2, 0.25) is 0 Å². The van der Waals surface area contributed by atoms with Crippen molar-refractivity contribution in [1.29, 1.82) is 0 Å². The Balaban J connectivity index is 3.04. The highest BCUT2D eigenvalue weighted by Gasteiger charge is 2.11. The smallest absolute Gasteiger partial charge is 0.0261 e. The highest BCUT2D eigenvalue weighted by Crippen LogP contribution is 2.31. The van der Waals surface area contributed by atoms with E-state index in [-0.39, 0.29) is 0 Å². The first kappa shape index (κ1) is 8.61. The van der Waals surface area contributed by atoms with Crippen LogP contribution in [0.2, 0.25) is 0 Å². The topological polar surface area (TPSA) is 0 Å². The Morgan fingerprint density at radius 3 is 2.64 bits per heavy atom. The van der Waals surface area contributed by atoms with E-state index in [1.165, 1.54) is 5.57 Å². The molecule has 11 heavy (non-hydrogen) atoms. The van der Waals surface area contributed by atoms with Gasteiger partial charge in [-0.05, 0) is 43.4 Å². The van der Waals surface area contributed by atoms with Crippen molar-refractivity contribution < 1.29 is 0 Å². The van der Waals surface area contributed by atoms with Crippen molar-refractivity contribution in [1.82, 2.24) is 0 Å². The molecule has 0 fully saturated rings. The van der Waals surface area contributed by atoms with Gasteiger partial charge < -0.3 is 0 Å².